The highest BCUT2D eigenvalue weighted by Gasteiger charge is 2.58. The lowest BCUT2D eigenvalue weighted by atomic mass is 9.51. The fourth-order valence-electron chi connectivity index (χ4n) is 3.27. The number of ether oxygens (including phenoxy) is 3. The van der Waals surface area contributed by atoms with E-state index in [1.54, 1.807) is 7.11 Å². The van der Waals surface area contributed by atoms with Crippen molar-refractivity contribution in [3.63, 3.8) is 0 Å². The predicted molar refractivity (Wildman–Crippen MR) is 70.8 cm³/mol. The van der Waals surface area contributed by atoms with E-state index >= 15 is 0 Å². The molecule has 4 nitrogen and oxygen atoms in total. The van der Waals surface area contributed by atoms with Gasteiger partial charge in [-0.15, -0.1) is 0 Å². The third-order valence-electron chi connectivity index (χ3n) is 4.51. The second-order valence-corrected chi connectivity index (χ2v) is 5.38. The Morgan fingerprint density at radius 3 is 2.67 bits per heavy atom. The summed E-state index contributed by atoms with van der Waals surface area (Å²) in [5, 5.41) is 3.63. The fourth-order valence-corrected chi connectivity index (χ4v) is 3.27. The van der Waals surface area contributed by atoms with Crippen molar-refractivity contribution in [2.24, 2.45) is 5.41 Å². The Hall–Kier alpha value is -0.160. The first-order valence-electron chi connectivity index (χ1n) is 7.25. The van der Waals surface area contributed by atoms with E-state index < -0.39 is 0 Å². The van der Waals surface area contributed by atoms with Gasteiger partial charge >= 0.3 is 0 Å². The van der Waals surface area contributed by atoms with E-state index in [0.29, 0.717) is 30.8 Å². The Morgan fingerprint density at radius 1 is 1.22 bits per heavy atom. The van der Waals surface area contributed by atoms with Crippen molar-refractivity contribution in [2.75, 3.05) is 40.1 Å². The van der Waals surface area contributed by atoms with Crippen LogP contribution < -0.4 is 5.32 Å². The second-order valence-electron chi connectivity index (χ2n) is 5.38. The molecule has 2 aliphatic rings. The maximum absolute atomic E-state index is 5.84. The van der Waals surface area contributed by atoms with Gasteiger partial charge in [0, 0.05) is 31.7 Å². The molecule has 0 bridgehead atoms. The molecular formula is C14H27NO3. The molecule has 0 radical (unpaired) electrons. The highest BCUT2D eigenvalue weighted by atomic mass is 16.5. The fraction of sp³-hybridized carbons (Fsp3) is 1.00. The molecule has 0 aliphatic heterocycles. The molecule has 1 N–H and O–H groups in total. The van der Waals surface area contributed by atoms with Crippen molar-refractivity contribution >= 4 is 0 Å². The van der Waals surface area contributed by atoms with Crippen molar-refractivity contribution in [1.29, 1.82) is 0 Å². The van der Waals surface area contributed by atoms with E-state index in [2.05, 4.69) is 12.2 Å². The minimum atomic E-state index is 0.461. The molecule has 106 valence electrons. The highest BCUT2D eigenvalue weighted by molar-refractivity contribution is 5.12. The molecule has 2 rings (SSSR count). The average Bonchev–Trinajstić information content (AvgIpc) is 2.28. The first kappa shape index (κ1) is 14.3. The van der Waals surface area contributed by atoms with Crippen molar-refractivity contribution in [3.8, 4) is 0 Å². The summed E-state index contributed by atoms with van der Waals surface area (Å²) in [4.78, 5) is 0. The van der Waals surface area contributed by atoms with Gasteiger partial charge in [0.1, 0.15) is 0 Å². The summed E-state index contributed by atoms with van der Waals surface area (Å²) in [6.07, 6.45) is 5.71. The van der Waals surface area contributed by atoms with Gasteiger partial charge in [-0.1, -0.05) is 6.42 Å². The third-order valence-corrected chi connectivity index (χ3v) is 4.51. The van der Waals surface area contributed by atoms with E-state index in [-0.39, 0.29) is 0 Å². The Labute approximate surface area is 110 Å². The topological polar surface area (TPSA) is 39.7 Å². The van der Waals surface area contributed by atoms with Gasteiger partial charge in [0.15, 0.2) is 0 Å². The predicted octanol–water partition coefficient (Wildman–Crippen LogP) is 1.59. The van der Waals surface area contributed by atoms with Crippen molar-refractivity contribution < 1.29 is 14.2 Å². The quantitative estimate of drug-likeness (QED) is 0.637. The minimum Gasteiger partial charge on any atom is -0.382 e. The maximum Gasteiger partial charge on any atom is 0.0700 e. The van der Waals surface area contributed by atoms with Crippen molar-refractivity contribution in [2.45, 2.75) is 44.8 Å². The molecule has 0 amide bonds. The van der Waals surface area contributed by atoms with Gasteiger partial charge in [-0.3, -0.25) is 0 Å². The monoisotopic (exact) mass is 257 g/mol. The van der Waals surface area contributed by atoms with Crippen LogP contribution in [0.1, 0.15) is 32.6 Å². The van der Waals surface area contributed by atoms with E-state index in [0.717, 1.165) is 19.8 Å². The van der Waals surface area contributed by atoms with Gasteiger partial charge in [-0.25, -0.2) is 0 Å². The second kappa shape index (κ2) is 6.85. The van der Waals surface area contributed by atoms with Crippen LogP contribution in [0.2, 0.25) is 0 Å². The zero-order chi connectivity index (χ0) is 12.8. The smallest absolute Gasteiger partial charge is 0.0700 e. The Morgan fingerprint density at radius 2 is 2.06 bits per heavy atom. The summed E-state index contributed by atoms with van der Waals surface area (Å²) in [7, 11) is 1.70. The summed E-state index contributed by atoms with van der Waals surface area (Å²) in [6, 6.07) is 0.647. The molecule has 0 aromatic rings. The molecule has 0 aromatic heterocycles. The summed E-state index contributed by atoms with van der Waals surface area (Å²) in [6.45, 7) is 6.02. The molecule has 2 fully saturated rings. The Kier molecular flexibility index (Phi) is 5.42. The molecule has 18 heavy (non-hydrogen) atoms. The van der Waals surface area contributed by atoms with E-state index in [4.69, 9.17) is 14.2 Å². The number of hydrogen-bond donors (Lipinski definition) is 1. The molecule has 1 spiro atoms. The maximum atomic E-state index is 5.84. The van der Waals surface area contributed by atoms with Crippen LogP contribution in [0.25, 0.3) is 0 Å². The van der Waals surface area contributed by atoms with Crippen LogP contribution in [-0.2, 0) is 14.2 Å². The molecule has 2 saturated carbocycles. The average molecular weight is 257 g/mol. The molecule has 2 unspecified atom stereocenters. The van der Waals surface area contributed by atoms with Gasteiger partial charge in [0.2, 0.25) is 0 Å². The first-order valence-corrected chi connectivity index (χ1v) is 7.25. The summed E-state index contributed by atoms with van der Waals surface area (Å²) >= 11 is 0. The van der Waals surface area contributed by atoms with Crippen LogP contribution in [0.5, 0.6) is 0 Å². The zero-order valence-electron chi connectivity index (χ0n) is 11.7. The summed E-state index contributed by atoms with van der Waals surface area (Å²) < 4.78 is 16.2. The number of methoxy groups -OCH3 is 1. The van der Waals surface area contributed by atoms with E-state index in [1.807, 2.05) is 0 Å². The Bertz CT molecular complexity index is 243. The standard InChI is InChI=1S/C14H27NO3/c1-3-18-13-11-12(14(13)5-4-6-14)15-7-8-17-10-9-16-2/h12-13,15H,3-11H2,1-2H3. The SMILES string of the molecule is CCOC1CC(NCCOCCOC)C12CCC2. The van der Waals surface area contributed by atoms with Gasteiger partial charge < -0.3 is 19.5 Å². The molecule has 4 heteroatoms. The number of hydrogen-bond acceptors (Lipinski definition) is 4. The van der Waals surface area contributed by atoms with Crippen LogP contribution in [-0.4, -0.2) is 52.2 Å². The molecule has 2 atom stereocenters. The highest BCUT2D eigenvalue weighted by Crippen LogP contribution is 2.57. The summed E-state index contributed by atoms with van der Waals surface area (Å²) in [5.41, 5.74) is 0.461. The van der Waals surface area contributed by atoms with E-state index in [9.17, 15) is 0 Å². The lowest BCUT2D eigenvalue weighted by Crippen LogP contribution is -2.67. The first-order chi connectivity index (χ1) is 8.83. The van der Waals surface area contributed by atoms with Crippen molar-refractivity contribution in [1.82, 2.24) is 5.32 Å². The van der Waals surface area contributed by atoms with Gasteiger partial charge in [0.25, 0.3) is 0 Å². The molecule has 0 saturated heterocycles. The van der Waals surface area contributed by atoms with Gasteiger partial charge in [0.05, 0.1) is 25.9 Å². The largest absolute Gasteiger partial charge is 0.382 e. The van der Waals surface area contributed by atoms with Gasteiger partial charge in [-0.05, 0) is 26.2 Å². The molecule has 0 heterocycles. The normalized spacial score (nSPS) is 29.0. The molecular weight excluding hydrogens is 230 g/mol. The number of nitrogens with one attached hydrogen (secondary N) is 1. The molecule has 0 aromatic carbocycles. The lowest BCUT2D eigenvalue weighted by Gasteiger charge is -2.61. The van der Waals surface area contributed by atoms with Crippen LogP contribution in [0.3, 0.4) is 0 Å². The molecule has 2 aliphatic carbocycles. The Balaban J connectivity index is 1.59. The van der Waals surface area contributed by atoms with Gasteiger partial charge in [-0.2, -0.15) is 0 Å². The lowest BCUT2D eigenvalue weighted by molar-refractivity contribution is -0.173. The third kappa shape index (κ3) is 2.87. The zero-order valence-corrected chi connectivity index (χ0v) is 11.7. The summed E-state index contributed by atoms with van der Waals surface area (Å²) in [5.74, 6) is 0. The minimum absolute atomic E-state index is 0.461. The van der Waals surface area contributed by atoms with Crippen LogP contribution >= 0.6 is 0 Å². The number of rotatable bonds is 9. The van der Waals surface area contributed by atoms with Crippen LogP contribution in [0, 0.1) is 5.41 Å². The van der Waals surface area contributed by atoms with E-state index in [1.165, 1.54) is 25.7 Å². The van der Waals surface area contributed by atoms with Crippen molar-refractivity contribution in [3.05, 3.63) is 0 Å². The van der Waals surface area contributed by atoms with Crippen LogP contribution in [0.15, 0.2) is 0 Å². The van der Waals surface area contributed by atoms with Crippen LogP contribution in [0.4, 0.5) is 0 Å².